The minimum atomic E-state index is -1.15. The van der Waals surface area contributed by atoms with E-state index < -0.39 is 28.9 Å². The van der Waals surface area contributed by atoms with Crippen molar-refractivity contribution in [2.45, 2.75) is 164 Å². The van der Waals surface area contributed by atoms with Gasteiger partial charge >= 0.3 is 11.9 Å². The van der Waals surface area contributed by atoms with E-state index in [2.05, 4.69) is 53.8 Å². The number of rotatable bonds is 9. The molecule has 5 fully saturated rings. The minimum absolute atomic E-state index is 0.0322. The Morgan fingerprint density at radius 1 is 0.917 bits per heavy atom. The van der Waals surface area contributed by atoms with Gasteiger partial charge in [-0.1, -0.05) is 60.5 Å². The average Bonchev–Trinajstić information content (AvgIpc) is 3.27. The van der Waals surface area contributed by atoms with E-state index in [1.165, 1.54) is 24.8 Å². The summed E-state index contributed by atoms with van der Waals surface area (Å²) in [6.07, 6.45) is 11.3. The van der Waals surface area contributed by atoms with E-state index >= 15 is 0 Å². The summed E-state index contributed by atoms with van der Waals surface area (Å²) in [5.74, 6) is 0.251. The monoisotopic (exact) mass is 667 g/mol. The molecule has 48 heavy (non-hydrogen) atoms. The van der Waals surface area contributed by atoms with E-state index in [1.807, 2.05) is 0 Å². The molecule has 0 aromatic heterocycles. The Morgan fingerprint density at radius 2 is 1.60 bits per heavy atom. The van der Waals surface area contributed by atoms with Crippen LogP contribution in [-0.4, -0.2) is 52.7 Å². The second kappa shape index (κ2) is 11.9. The predicted octanol–water partition coefficient (Wildman–Crippen LogP) is 7.88. The van der Waals surface area contributed by atoms with Crippen molar-refractivity contribution in [2.24, 2.45) is 56.2 Å². The molecule has 0 aromatic carbocycles. The number of Topliss-reactive ketones (excluding diaryl/α,β-unsaturated/α-hetero) is 1. The van der Waals surface area contributed by atoms with Gasteiger partial charge in [-0.05, 0) is 124 Å². The van der Waals surface area contributed by atoms with Crippen LogP contribution < -0.4 is 5.32 Å². The summed E-state index contributed by atoms with van der Waals surface area (Å²) >= 11 is 0. The number of hydrogen-bond acceptors (Lipinski definition) is 6. The molecule has 3 N–H and O–H groups in total. The Labute approximate surface area is 289 Å². The molecule has 6 aliphatic carbocycles. The quantitative estimate of drug-likeness (QED) is 0.215. The third-order valence-corrected chi connectivity index (χ3v) is 16.2. The van der Waals surface area contributed by atoms with Crippen LogP contribution in [0, 0.1) is 56.2 Å². The lowest BCUT2D eigenvalue weighted by atomic mass is 9.33. The van der Waals surface area contributed by atoms with Crippen molar-refractivity contribution >= 4 is 17.7 Å². The van der Waals surface area contributed by atoms with E-state index in [0.717, 1.165) is 56.9 Å². The topological polar surface area (TPSA) is 113 Å². The largest absolute Gasteiger partial charge is 0.481 e. The van der Waals surface area contributed by atoms with E-state index in [-0.39, 0.29) is 45.9 Å². The summed E-state index contributed by atoms with van der Waals surface area (Å²) in [4.78, 5) is 38.7. The number of allylic oxidation sites excluding steroid dienone is 1. The van der Waals surface area contributed by atoms with Gasteiger partial charge in [0.05, 0.1) is 17.9 Å². The average molecular weight is 668 g/mol. The van der Waals surface area contributed by atoms with Crippen LogP contribution in [0.25, 0.3) is 0 Å². The number of carboxylic acids is 1. The van der Waals surface area contributed by atoms with E-state index in [1.54, 1.807) is 13.8 Å². The summed E-state index contributed by atoms with van der Waals surface area (Å²) in [5.41, 5.74) is 0.770. The maximum absolute atomic E-state index is 13.9. The first-order valence-electron chi connectivity index (χ1n) is 19.4. The SMILES string of the molecule is CC(C)C1=C2[C@H]3CC[C@@H]4[C@@]5(C)CC[C@H](OC(=O)CC(C)(C)C(=O)O)C(C)(C)[C@@H]5CC[C@@]4(C)[C@]3(C)CC[C@@]2([C@@H](O)CNC2CCC2)CC1=O. The Morgan fingerprint density at radius 3 is 2.21 bits per heavy atom. The second-order valence-electron chi connectivity index (χ2n) is 19.6. The van der Waals surface area contributed by atoms with Gasteiger partial charge in [0.1, 0.15) is 6.10 Å². The van der Waals surface area contributed by atoms with Gasteiger partial charge in [-0.25, -0.2) is 0 Å². The standard InChI is InChI=1S/C41H65NO6/c1-24(2)33-27(43)21-41(30(44)23-42-25-11-10-12-25)20-19-39(8)26(34(33)41)13-14-29-38(7)17-16-31(48-32(45)22-36(3,4)35(46)47)37(5,6)28(38)15-18-40(29,39)9/h24-26,28-31,42,44H,10-23H2,1-9H3,(H,46,47)/t26-,28+,29-,30+,31+,38+,39-,40-,41+/m1/s1. The van der Waals surface area contributed by atoms with Gasteiger partial charge < -0.3 is 20.3 Å². The number of hydrogen-bond donors (Lipinski definition) is 3. The lowest BCUT2D eigenvalue weighted by molar-refractivity contribution is -0.235. The molecular weight excluding hydrogens is 602 g/mol. The zero-order valence-electron chi connectivity index (χ0n) is 31.5. The molecule has 7 nitrogen and oxygen atoms in total. The van der Waals surface area contributed by atoms with Gasteiger partial charge in [0.2, 0.25) is 0 Å². The fourth-order valence-electron chi connectivity index (χ4n) is 13.0. The number of carbonyl (C=O) groups is 3. The van der Waals surface area contributed by atoms with Crippen molar-refractivity contribution in [1.82, 2.24) is 5.32 Å². The smallest absolute Gasteiger partial charge is 0.309 e. The third kappa shape index (κ3) is 5.20. The Balaban J connectivity index is 1.28. The highest BCUT2D eigenvalue weighted by atomic mass is 16.5. The van der Waals surface area contributed by atoms with Gasteiger partial charge in [-0.2, -0.15) is 0 Å². The summed E-state index contributed by atoms with van der Waals surface area (Å²) in [6.45, 7) is 20.3. The molecule has 6 aliphatic rings. The number of ether oxygens (including phenoxy) is 1. The summed E-state index contributed by atoms with van der Waals surface area (Å²) in [6, 6.07) is 0.503. The van der Waals surface area contributed by atoms with Crippen molar-refractivity contribution in [3.8, 4) is 0 Å². The molecule has 9 atom stereocenters. The third-order valence-electron chi connectivity index (χ3n) is 16.2. The molecule has 0 unspecified atom stereocenters. The first-order valence-corrected chi connectivity index (χ1v) is 19.4. The highest BCUT2D eigenvalue weighted by Crippen LogP contribution is 2.77. The molecule has 0 heterocycles. The highest BCUT2D eigenvalue weighted by molar-refractivity contribution is 6.00. The molecule has 0 spiro atoms. The first kappa shape index (κ1) is 36.1. The van der Waals surface area contributed by atoms with Crippen LogP contribution in [0.15, 0.2) is 11.1 Å². The molecule has 6 rings (SSSR count). The molecule has 0 aliphatic heterocycles. The van der Waals surface area contributed by atoms with Gasteiger partial charge in [-0.15, -0.1) is 0 Å². The van der Waals surface area contributed by atoms with Crippen molar-refractivity contribution < 1.29 is 29.3 Å². The number of carbonyl (C=O) groups excluding carboxylic acids is 2. The minimum Gasteiger partial charge on any atom is -0.481 e. The zero-order valence-corrected chi connectivity index (χ0v) is 31.5. The van der Waals surface area contributed by atoms with Crippen LogP contribution >= 0.6 is 0 Å². The number of fused-ring (bicyclic) bond motifs is 7. The lowest BCUT2D eigenvalue weighted by Gasteiger charge is -2.72. The number of aliphatic carboxylic acids is 1. The zero-order chi connectivity index (χ0) is 35.2. The summed E-state index contributed by atoms with van der Waals surface area (Å²) in [5, 5.41) is 25.2. The second-order valence-corrected chi connectivity index (χ2v) is 19.6. The van der Waals surface area contributed by atoms with E-state index in [0.29, 0.717) is 36.8 Å². The van der Waals surface area contributed by atoms with Gasteiger partial charge in [0, 0.05) is 29.8 Å². The number of carboxylic acid groups (broad SMARTS) is 1. The van der Waals surface area contributed by atoms with Crippen LogP contribution in [-0.2, 0) is 19.1 Å². The molecule has 270 valence electrons. The maximum Gasteiger partial charge on any atom is 0.309 e. The van der Waals surface area contributed by atoms with Crippen molar-refractivity contribution in [3.05, 3.63) is 11.1 Å². The van der Waals surface area contributed by atoms with Crippen LogP contribution in [0.5, 0.6) is 0 Å². The molecule has 0 aromatic rings. The number of aliphatic hydroxyl groups excluding tert-OH is 1. The normalized spacial score (nSPS) is 41.5. The molecule has 0 saturated heterocycles. The van der Waals surface area contributed by atoms with Crippen LogP contribution in [0.2, 0.25) is 0 Å². The van der Waals surface area contributed by atoms with Crippen LogP contribution in [0.4, 0.5) is 0 Å². The van der Waals surface area contributed by atoms with Gasteiger partial charge in [0.25, 0.3) is 0 Å². The lowest BCUT2D eigenvalue weighted by Crippen LogP contribution is -2.66. The van der Waals surface area contributed by atoms with Gasteiger partial charge in [0.15, 0.2) is 5.78 Å². The number of ketones is 1. The van der Waals surface area contributed by atoms with Gasteiger partial charge in [-0.3, -0.25) is 14.4 Å². The maximum atomic E-state index is 13.9. The molecule has 0 amide bonds. The van der Waals surface area contributed by atoms with Crippen LogP contribution in [0.1, 0.15) is 146 Å². The first-order chi connectivity index (χ1) is 22.2. The molecular formula is C41H65NO6. The van der Waals surface area contributed by atoms with Crippen molar-refractivity contribution in [2.75, 3.05) is 6.54 Å². The highest BCUT2D eigenvalue weighted by Gasteiger charge is 2.70. The summed E-state index contributed by atoms with van der Waals surface area (Å²) < 4.78 is 6.15. The number of esters is 1. The fraction of sp³-hybridized carbons (Fsp3) is 0.878. The molecule has 5 saturated carbocycles. The predicted molar refractivity (Wildman–Crippen MR) is 187 cm³/mol. The molecule has 0 radical (unpaired) electrons. The molecule has 0 bridgehead atoms. The van der Waals surface area contributed by atoms with E-state index in [9.17, 15) is 24.6 Å². The fourth-order valence-corrected chi connectivity index (χ4v) is 13.0. The van der Waals surface area contributed by atoms with Crippen molar-refractivity contribution in [3.63, 3.8) is 0 Å². The Kier molecular flexibility index (Phi) is 8.96. The van der Waals surface area contributed by atoms with Crippen molar-refractivity contribution in [1.29, 1.82) is 0 Å². The molecule has 7 heteroatoms. The van der Waals surface area contributed by atoms with E-state index in [4.69, 9.17) is 4.74 Å². The number of aliphatic hydroxyl groups is 1. The summed E-state index contributed by atoms with van der Waals surface area (Å²) in [7, 11) is 0. The Hall–Kier alpha value is -1.73. The Bertz CT molecular complexity index is 1360. The van der Waals surface area contributed by atoms with Crippen LogP contribution in [0.3, 0.4) is 0 Å². The number of nitrogens with one attached hydrogen (secondary N) is 1.